The summed E-state index contributed by atoms with van der Waals surface area (Å²) in [6.07, 6.45) is 1.02. The maximum Gasteiger partial charge on any atom is 0.340 e. The molecule has 0 saturated carbocycles. The van der Waals surface area contributed by atoms with Crippen molar-refractivity contribution in [2.75, 3.05) is 19.5 Å². The van der Waals surface area contributed by atoms with Crippen LogP contribution in [-0.2, 0) is 16.0 Å². The van der Waals surface area contributed by atoms with Gasteiger partial charge in [-0.2, -0.15) is 0 Å². The molecule has 1 aliphatic rings. The minimum atomic E-state index is -0.484. The zero-order chi connectivity index (χ0) is 12.4. The first-order valence-electron chi connectivity index (χ1n) is 5.24. The lowest BCUT2D eigenvalue weighted by Gasteiger charge is -2.20. The minimum Gasteiger partial charge on any atom is -0.497 e. The summed E-state index contributed by atoms with van der Waals surface area (Å²) in [6.45, 7) is 0. The van der Waals surface area contributed by atoms with Crippen molar-refractivity contribution < 1.29 is 19.1 Å². The summed E-state index contributed by atoms with van der Waals surface area (Å²) in [6, 6.07) is 3.39. The van der Waals surface area contributed by atoms with Gasteiger partial charge in [0.1, 0.15) is 5.75 Å². The van der Waals surface area contributed by atoms with E-state index < -0.39 is 5.97 Å². The molecule has 5 heteroatoms. The number of benzene rings is 1. The Kier molecular flexibility index (Phi) is 2.99. The minimum absolute atomic E-state index is 0.0900. The van der Waals surface area contributed by atoms with Gasteiger partial charge in [0.05, 0.1) is 25.5 Å². The van der Waals surface area contributed by atoms with Crippen LogP contribution in [0.3, 0.4) is 0 Å². The Morgan fingerprint density at radius 3 is 2.71 bits per heavy atom. The Labute approximate surface area is 98.7 Å². The fourth-order valence-corrected chi connectivity index (χ4v) is 1.86. The number of hydrogen-bond donors (Lipinski definition) is 1. The number of carbonyl (C=O) groups excluding carboxylic acids is 2. The van der Waals surface area contributed by atoms with Gasteiger partial charge in [-0.15, -0.1) is 0 Å². The SMILES string of the molecule is COC(=O)c1cc(OC)cc2c1NC(=O)CC2. The highest BCUT2D eigenvalue weighted by Gasteiger charge is 2.23. The van der Waals surface area contributed by atoms with E-state index in [0.29, 0.717) is 29.8 Å². The maximum atomic E-state index is 11.6. The molecule has 0 bridgehead atoms. The molecule has 0 spiro atoms. The van der Waals surface area contributed by atoms with Gasteiger partial charge >= 0.3 is 5.97 Å². The number of methoxy groups -OCH3 is 2. The topological polar surface area (TPSA) is 64.6 Å². The highest BCUT2D eigenvalue weighted by Crippen LogP contribution is 2.31. The van der Waals surface area contributed by atoms with Gasteiger partial charge in [-0.05, 0) is 24.1 Å². The van der Waals surface area contributed by atoms with E-state index in [9.17, 15) is 9.59 Å². The van der Waals surface area contributed by atoms with Crippen molar-refractivity contribution in [2.24, 2.45) is 0 Å². The van der Waals surface area contributed by atoms with Gasteiger partial charge < -0.3 is 14.8 Å². The number of nitrogens with one attached hydrogen (secondary N) is 1. The first kappa shape index (κ1) is 11.4. The first-order chi connectivity index (χ1) is 8.15. The number of esters is 1. The van der Waals surface area contributed by atoms with Crippen molar-refractivity contribution in [2.45, 2.75) is 12.8 Å². The summed E-state index contributed by atoms with van der Waals surface area (Å²) in [7, 11) is 2.84. The molecule has 1 aromatic rings. The number of anilines is 1. The van der Waals surface area contributed by atoms with Gasteiger partial charge in [-0.1, -0.05) is 0 Å². The number of aryl methyl sites for hydroxylation is 1. The van der Waals surface area contributed by atoms with Crippen LogP contribution >= 0.6 is 0 Å². The Hall–Kier alpha value is -2.04. The van der Waals surface area contributed by atoms with Crippen molar-refractivity contribution in [1.82, 2.24) is 0 Å². The summed E-state index contributed by atoms with van der Waals surface area (Å²) >= 11 is 0. The maximum absolute atomic E-state index is 11.6. The number of amides is 1. The number of ether oxygens (including phenoxy) is 2. The van der Waals surface area contributed by atoms with Gasteiger partial charge in [0.2, 0.25) is 5.91 Å². The van der Waals surface area contributed by atoms with E-state index in [4.69, 9.17) is 9.47 Å². The molecule has 0 aromatic heterocycles. The third-order valence-electron chi connectivity index (χ3n) is 2.72. The van der Waals surface area contributed by atoms with Crippen LogP contribution in [0.15, 0.2) is 12.1 Å². The van der Waals surface area contributed by atoms with E-state index in [1.54, 1.807) is 6.07 Å². The van der Waals surface area contributed by atoms with Crippen LogP contribution in [0.1, 0.15) is 22.3 Å². The Balaban J connectivity index is 2.55. The predicted octanol–water partition coefficient (Wildman–Crippen LogP) is 1.37. The van der Waals surface area contributed by atoms with Crippen molar-refractivity contribution in [1.29, 1.82) is 0 Å². The fraction of sp³-hybridized carbons (Fsp3) is 0.333. The van der Waals surface area contributed by atoms with E-state index in [0.717, 1.165) is 5.56 Å². The van der Waals surface area contributed by atoms with Gasteiger partial charge in [0.25, 0.3) is 0 Å². The molecule has 0 fully saturated rings. The molecule has 0 saturated heterocycles. The molecule has 0 unspecified atom stereocenters. The molecule has 5 nitrogen and oxygen atoms in total. The number of hydrogen-bond acceptors (Lipinski definition) is 4. The van der Waals surface area contributed by atoms with E-state index in [2.05, 4.69) is 5.32 Å². The molecular weight excluding hydrogens is 222 g/mol. The van der Waals surface area contributed by atoms with Crippen LogP contribution in [0.2, 0.25) is 0 Å². The average Bonchev–Trinajstić information content (AvgIpc) is 2.36. The third kappa shape index (κ3) is 2.08. The van der Waals surface area contributed by atoms with Gasteiger partial charge in [0, 0.05) is 6.42 Å². The van der Waals surface area contributed by atoms with Crippen molar-refractivity contribution in [3.63, 3.8) is 0 Å². The second-order valence-corrected chi connectivity index (χ2v) is 3.75. The number of rotatable bonds is 2. The van der Waals surface area contributed by atoms with Crippen LogP contribution in [0.4, 0.5) is 5.69 Å². The summed E-state index contributed by atoms with van der Waals surface area (Å²) in [5, 5.41) is 2.70. The second kappa shape index (κ2) is 4.45. The molecule has 0 atom stereocenters. The smallest absolute Gasteiger partial charge is 0.340 e. The van der Waals surface area contributed by atoms with Gasteiger partial charge in [-0.25, -0.2) is 4.79 Å². The number of fused-ring (bicyclic) bond motifs is 1. The molecule has 1 aromatic carbocycles. The van der Waals surface area contributed by atoms with Gasteiger partial charge in [0.15, 0.2) is 0 Å². The van der Waals surface area contributed by atoms with E-state index in [1.165, 1.54) is 14.2 Å². The van der Waals surface area contributed by atoms with Crippen LogP contribution in [-0.4, -0.2) is 26.1 Å². The van der Waals surface area contributed by atoms with E-state index in [1.807, 2.05) is 6.07 Å². The highest BCUT2D eigenvalue weighted by molar-refractivity contribution is 6.04. The third-order valence-corrected chi connectivity index (χ3v) is 2.72. The summed E-state index contributed by atoms with van der Waals surface area (Å²) in [5.74, 6) is 0.00969. The molecule has 17 heavy (non-hydrogen) atoms. The lowest BCUT2D eigenvalue weighted by atomic mass is 9.98. The molecule has 1 heterocycles. The van der Waals surface area contributed by atoms with Crippen LogP contribution < -0.4 is 10.1 Å². The summed E-state index contributed by atoms with van der Waals surface area (Å²) in [4.78, 5) is 23.0. The molecule has 0 radical (unpaired) electrons. The molecule has 1 N–H and O–H groups in total. The number of carbonyl (C=O) groups is 2. The molecule has 1 aliphatic heterocycles. The summed E-state index contributed by atoms with van der Waals surface area (Å²) < 4.78 is 9.81. The fourth-order valence-electron chi connectivity index (χ4n) is 1.86. The van der Waals surface area contributed by atoms with Crippen LogP contribution in [0.25, 0.3) is 0 Å². The molecular formula is C12H13NO4. The Morgan fingerprint density at radius 1 is 1.29 bits per heavy atom. The molecule has 0 aliphatic carbocycles. The molecule has 90 valence electrons. The van der Waals surface area contributed by atoms with Crippen LogP contribution in [0.5, 0.6) is 5.75 Å². The van der Waals surface area contributed by atoms with Gasteiger partial charge in [-0.3, -0.25) is 4.79 Å². The normalized spacial score (nSPS) is 13.6. The van der Waals surface area contributed by atoms with Crippen molar-refractivity contribution >= 4 is 17.6 Å². The zero-order valence-electron chi connectivity index (χ0n) is 9.70. The lowest BCUT2D eigenvalue weighted by molar-refractivity contribution is -0.116. The quantitative estimate of drug-likeness (QED) is 0.786. The second-order valence-electron chi connectivity index (χ2n) is 3.75. The Morgan fingerprint density at radius 2 is 2.06 bits per heavy atom. The zero-order valence-corrected chi connectivity index (χ0v) is 9.70. The molecule has 2 rings (SSSR count). The first-order valence-corrected chi connectivity index (χ1v) is 5.24. The largest absolute Gasteiger partial charge is 0.497 e. The van der Waals surface area contributed by atoms with E-state index >= 15 is 0 Å². The lowest BCUT2D eigenvalue weighted by Crippen LogP contribution is -2.22. The Bertz CT molecular complexity index is 482. The monoisotopic (exact) mass is 235 g/mol. The van der Waals surface area contributed by atoms with Crippen molar-refractivity contribution in [3.8, 4) is 5.75 Å². The predicted molar refractivity (Wildman–Crippen MR) is 61.3 cm³/mol. The van der Waals surface area contributed by atoms with E-state index in [-0.39, 0.29) is 5.91 Å². The summed E-state index contributed by atoms with van der Waals surface area (Å²) in [5.41, 5.74) is 1.76. The standard InChI is InChI=1S/C12H13NO4/c1-16-8-5-7-3-4-10(14)13-11(7)9(6-8)12(15)17-2/h5-6H,3-4H2,1-2H3,(H,13,14). The van der Waals surface area contributed by atoms with Crippen molar-refractivity contribution in [3.05, 3.63) is 23.3 Å². The molecule has 1 amide bonds. The average molecular weight is 235 g/mol. The highest BCUT2D eigenvalue weighted by atomic mass is 16.5. The van der Waals surface area contributed by atoms with Crippen LogP contribution in [0, 0.1) is 0 Å².